The van der Waals surface area contributed by atoms with E-state index in [1.54, 1.807) is 37.3 Å². The zero-order valence-corrected chi connectivity index (χ0v) is 11.4. The van der Waals surface area contributed by atoms with E-state index in [-0.39, 0.29) is 5.69 Å². The van der Waals surface area contributed by atoms with Crippen LogP contribution < -0.4 is 11.1 Å². The van der Waals surface area contributed by atoms with Gasteiger partial charge in [-0.2, -0.15) is 0 Å². The van der Waals surface area contributed by atoms with Crippen LogP contribution in [0, 0.1) is 0 Å². The second-order valence-electron chi connectivity index (χ2n) is 4.72. The number of pyridine rings is 1. The van der Waals surface area contributed by atoms with E-state index in [1.807, 2.05) is 6.07 Å². The maximum atomic E-state index is 11.7. The maximum Gasteiger partial charge on any atom is 0.333 e. The maximum absolute atomic E-state index is 11.7. The number of carbonyl (C=O) groups is 2. The van der Waals surface area contributed by atoms with E-state index in [0.717, 1.165) is 0 Å². The lowest BCUT2D eigenvalue weighted by molar-refractivity contribution is -0.142. The highest BCUT2D eigenvalue weighted by Gasteiger charge is 2.35. The molecule has 2 aromatic rings. The molecule has 0 aliphatic carbocycles. The Bertz CT molecular complexity index is 673. The van der Waals surface area contributed by atoms with E-state index in [9.17, 15) is 14.7 Å². The van der Waals surface area contributed by atoms with E-state index in [0.29, 0.717) is 11.3 Å². The fourth-order valence-electron chi connectivity index (χ4n) is 1.95. The van der Waals surface area contributed by atoms with Gasteiger partial charge in [-0.25, -0.2) is 4.79 Å². The van der Waals surface area contributed by atoms with Gasteiger partial charge in [-0.15, -0.1) is 0 Å². The molecule has 21 heavy (non-hydrogen) atoms. The van der Waals surface area contributed by atoms with Gasteiger partial charge < -0.3 is 16.2 Å². The number of rotatable bonds is 5. The van der Waals surface area contributed by atoms with Crippen LogP contribution in [-0.4, -0.2) is 22.0 Å². The summed E-state index contributed by atoms with van der Waals surface area (Å²) in [6, 6.07) is 11.8. The summed E-state index contributed by atoms with van der Waals surface area (Å²) in [7, 11) is 0. The fourth-order valence-corrected chi connectivity index (χ4v) is 1.95. The van der Waals surface area contributed by atoms with E-state index in [4.69, 9.17) is 5.73 Å². The number of nitrogens with zero attached hydrogens (tertiary/aromatic N) is 1. The van der Waals surface area contributed by atoms with Gasteiger partial charge in [-0.05, 0) is 24.6 Å². The van der Waals surface area contributed by atoms with Crippen molar-refractivity contribution in [3.63, 3.8) is 0 Å². The molecule has 0 aliphatic rings. The van der Waals surface area contributed by atoms with Crippen molar-refractivity contribution in [2.24, 2.45) is 5.73 Å². The third kappa shape index (κ3) is 3.00. The molecule has 0 saturated heterocycles. The number of amides is 1. The van der Waals surface area contributed by atoms with Crippen LogP contribution in [0.4, 0.5) is 5.69 Å². The Balaban J connectivity index is 2.40. The quantitative estimate of drug-likeness (QED) is 0.773. The monoisotopic (exact) mass is 285 g/mol. The van der Waals surface area contributed by atoms with Crippen molar-refractivity contribution in [3.8, 4) is 0 Å². The summed E-state index contributed by atoms with van der Waals surface area (Å²) in [6.45, 7) is 1.55. The summed E-state index contributed by atoms with van der Waals surface area (Å²) in [5, 5.41) is 12.5. The molecule has 1 atom stereocenters. The van der Waals surface area contributed by atoms with Gasteiger partial charge in [0.2, 0.25) is 0 Å². The number of carbonyl (C=O) groups excluding carboxylic acids is 1. The van der Waals surface area contributed by atoms with Crippen LogP contribution in [0.3, 0.4) is 0 Å². The fraction of sp³-hybridized carbons (Fsp3) is 0.133. The van der Waals surface area contributed by atoms with E-state index in [1.165, 1.54) is 12.3 Å². The van der Waals surface area contributed by atoms with Gasteiger partial charge in [-0.3, -0.25) is 9.78 Å². The van der Waals surface area contributed by atoms with Crippen molar-refractivity contribution >= 4 is 17.6 Å². The lowest BCUT2D eigenvalue weighted by Crippen LogP contribution is -2.40. The van der Waals surface area contributed by atoms with E-state index >= 15 is 0 Å². The molecule has 0 saturated carbocycles. The van der Waals surface area contributed by atoms with Gasteiger partial charge in [-0.1, -0.05) is 30.3 Å². The number of aromatic nitrogens is 1. The highest BCUT2D eigenvalue weighted by atomic mass is 16.4. The molecule has 0 fully saturated rings. The molecule has 4 N–H and O–H groups in total. The number of benzene rings is 1. The highest BCUT2D eigenvalue weighted by molar-refractivity contribution is 5.92. The molecule has 1 aromatic heterocycles. The average Bonchev–Trinajstić information content (AvgIpc) is 2.48. The van der Waals surface area contributed by atoms with Crippen LogP contribution in [0.2, 0.25) is 0 Å². The minimum Gasteiger partial charge on any atom is -0.479 e. The van der Waals surface area contributed by atoms with Gasteiger partial charge in [0, 0.05) is 11.9 Å². The molecular formula is C15H15N3O3. The van der Waals surface area contributed by atoms with Gasteiger partial charge in [0.1, 0.15) is 5.69 Å². The highest BCUT2D eigenvalue weighted by Crippen LogP contribution is 2.26. The van der Waals surface area contributed by atoms with Crippen LogP contribution in [0.15, 0.2) is 48.7 Å². The third-order valence-electron chi connectivity index (χ3n) is 3.19. The number of hydrogen-bond donors (Lipinski definition) is 3. The SMILES string of the molecule is CC(Nc1ccnc(C(N)=O)c1)(C(=O)O)c1ccccc1. The Hall–Kier alpha value is -2.89. The molecule has 0 bridgehead atoms. The summed E-state index contributed by atoms with van der Waals surface area (Å²) in [6.07, 6.45) is 1.40. The third-order valence-corrected chi connectivity index (χ3v) is 3.19. The van der Waals surface area contributed by atoms with Gasteiger partial charge in [0.25, 0.3) is 5.91 Å². The molecule has 1 heterocycles. The van der Waals surface area contributed by atoms with Crippen molar-refractivity contribution in [1.29, 1.82) is 0 Å². The topological polar surface area (TPSA) is 105 Å². The number of hydrogen-bond acceptors (Lipinski definition) is 4. The average molecular weight is 285 g/mol. The number of nitrogens with two attached hydrogens (primary N) is 1. The minimum absolute atomic E-state index is 0.0702. The van der Waals surface area contributed by atoms with Crippen molar-refractivity contribution in [2.45, 2.75) is 12.5 Å². The first-order chi connectivity index (χ1) is 9.93. The standard InChI is InChI=1S/C15H15N3O3/c1-15(14(20)21,10-5-3-2-4-6-10)18-11-7-8-17-12(9-11)13(16)19/h2-9H,1H3,(H2,16,19)(H,17,18)(H,20,21). The summed E-state index contributed by atoms with van der Waals surface area (Å²) in [5.74, 6) is -1.71. The molecular weight excluding hydrogens is 270 g/mol. The summed E-state index contributed by atoms with van der Waals surface area (Å²) in [4.78, 5) is 26.6. The van der Waals surface area contributed by atoms with Gasteiger partial charge >= 0.3 is 5.97 Å². The van der Waals surface area contributed by atoms with E-state index in [2.05, 4.69) is 10.3 Å². The molecule has 1 unspecified atom stereocenters. The van der Waals surface area contributed by atoms with Crippen LogP contribution in [0.5, 0.6) is 0 Å². The number of nitrogens with one attached hydrogen (secondary N) is 1. The first kappa shape index (κ1) is 14.5. The summed E-state index contributed by atoms with van der Waals surface area (Å²) in [5.41, 5.74) is 4.95. The molecule has 1 amide bonds. The van der Waals surface area contributed by atoms with Crippen molar-refractivity contribution in [2.75, 3.05) is 5.32 Å². The van der Waals surface area contributed by atoms with Crippen LogP contribution in [0.25, 0.3) is 0 Å². The lowest BCUT2D eigenvalue weighted by Gasteiger charge is -2.28. The second-order valence-corrected chi connectivity index (χ2v) is 4.72. The van der Waals surface area contributed by atoms with E-state index < -0.39 is 17.4 Å². The van der Waals surface area contributed by atoms with Crippen molar-refractivity contribution in [1.82, 2.24) is 4.98 Å². The molecule has 6 heteroatoms. The number of carboxylic acid groups (broad SMARTS) is 1. The Morgan fingerprint density at radius 3 is 2.48 bits per heavy atom. The number of primary amides is 1. The predicted molar refractivity (Wildman–Crippen MR) is 77.8 cm³/mol. The zero-order valence-electron chi connectivity index (χ0n) is 11.4. The number of anilines is 1. The summed E-state index contributed by atoms with van der Waals surface area (Å²) >= 11 is 0. The molecule has 0 aliphatic heterocycles. The normalized spacial score (nSPS) is 13.2. The van der Waals surface area contributed by atoms with Gasteiger partial charge in [0.05, 0.1) is 0 Å². The first-order valence-electron chi connectivity index (χ1n) is 6.26. The molecule has 1 aromatic carbocycles. The smallest absolute Gasteiger partial charge is 0.333 e. The number of aliphatic carboxylic acids is 1. The zero-order chi connectivity index (χ0) is 15.5. The molecule has 0 radical (unpaired) electrons. The predicted octanol–water partition coefficient (Wildman–Crippen LogP) is 1.59. The summed E-state index contributed by atoms with van der Waals surface area (Å²) < 4.78 is 0. The lowest BCUT2D eigenvalue weighted by atomic mass is 9.92. The number of carboxylic acids is 1. The van der Waals surface area contributed by atoms with Crippen molar-refractivity contribution < 1.29 is 14.7 Å². The molecule has 6 nitrogen and oxygen atoms in total. The molecule has 2 rings (SSSR count). The first-order valence-corrected chi connectivity index (χ1v) is 6.26. The Morgan fingerprint density at radius 1 is 1.24 bits per heavy atom. The Kier molecular flexibility index (Phi) is 3.89. The van der Waals surface area contributed by atoms with Gasteiger partial charge in [0.15, 0.2) is 5.54 Å². The van der Waals surface area contributed by atoms with Crippen molar-refractivity contribution in [3.05, 3.63) is 59.9 Å². The molecule has 108 valence electrons. The largest absolute Gasteiger partial charge is 0.479 e. The van der Waals surface area contributed by atoms with Crippen LogP contribution in [-0.2, 0) is 10.3 Å². The van der Waals surface area contributed by atoms with Crippen LogP contribution >= 0.6 is 0 Å². The molecule has 0 spiro atoms. The Morgan fingerprint density at radius 2 is 1.90 bits per heavy atom. The van der Waals surface area contributed by atoms with Crippen LogP contribution in [0.1, 0.15) is 23.0 Å². The second kappa shape index (κ2) is 5.62. The minimum atomic E-state index is -1.34. The Labute approximate surface area is 121 Å².